The van der Waals surface area contributed by atoms with Crippen molar-refractivity contribution in [3.05, 3.63) is 29.4 Å². The van der Waals surface area contributed by atoms with Crippen LogP contribution in [0.25, 0.3) is 21.6 Å². The Kier molecular flexibility index (Phi) is 2.33. The summed E-state index contributed by atoms with van der Waals surface area (Å²) in [6.07, 6.45) is 0. The number of benzene rings is 1. The third-order valence-electron chi connectivity index (χ3n) is 2.54. The second kappa shape index (κ2) is 3.85. The quantitative estimate of drug-likeness (QED) is 0.755. The smallest absolute Gasteiger partial charge is 0.224 e. The van der Waals surface area contributed by atoms with Crippen LogP contribution in [-0.2, 0) is 0 Å². The molecule has 0 radical (unpaired) electrons. The third kappa shape index (κ3) is 1.78. The maximum absolute atomic E-state index is 5.09. The SMILES string of the molecule is COc1csc(-c2ccc3nc(C)[nH]c3c2)n1. The molecule has 5 heteroatoms. The third-order valence-corrected chi connectivity index (χ3v) is 3.41. The molecule has 0 atom stereocenters. The Bertz CT molecular complexity index is 671. The highest BCUT2D eigenvalue weighted by Gasteiger charge is 2.07. The summed E-state index contributed by atoms with van der Waals surface area (Å²) in [5.41, 5.74) is 3.10. The molecule has 3 rings (SSSR count). The number of imidazole rings is 1. The molecular formula is C12H11N3OS. The summed E-state index contributed by atoms with van der Waals surface area (Å²) in [6, 6.07) is 6.09. The number of ether oxygens (including phenoxy) is 1. The molecule has 0 unspecified atom stereocenters. The average Bonchev–Trinajstić information content (AvgIpc) is 2.92. The fraction of sp³-hybridized carbons (Fsp3) is 0.167. The lowest BCUT2D eigenvalue weighted by Gasteiger charge is -1.95. The van der Waals surface area contributed by atoms with Crippen LogP contribution in [-0.4, -0.2) is 22.1 Å². The van der Waals surface area contributed by atoms with Crippen molar-refractivity contribution in [1.82, 2.24) is 15.0 Å². The molecule has 0 aliphatic heterocycles. The number of thiazole rings is 1. The maximum Gasteiger partial charge on any atom is 0.224 e. The van der Waals surface area contributed by atoms with Crippen molar-refractivity contribution < 1.29 is 4.74 Å². The number of rotatable bonds is 2. The summed E-state index contributed by atoms with van der Waals surface area (Å²) in [5, 5.41) is 2.86. The van der Waals surface area contributed by atoms with Crippen molar-refractivity contribution in [2.24, 2.45) is 0 Å². The summed E-state index contributed by atoms with van der Waals surface area (Å²) in [5.74, 6) is 1.58. The number of aryl methyl sites for hydroxylation is 1. The topological polar surface area (TPSA) is 50.8 Å². The summed E-state index contributed by atoms with van der Waals surface area (Å²) < 4.78 is 5.09. The fourth-order valence-corrected chi connectivity index (χ4v) is 2.52. The Morgan fingerprint density at radius 2 is 2.18 bits per heavy atom. The molecule has 3 aromatic rings. The van der Waals surface area contributed by atoms with Gasteiger partial charge in [-0.05, 0) is 25.1 Å². The number of nitrogens with zero attached hydrogens (tertiary/aromatic N) is 2. The lowest BCUT2D eigenvalue weighted by molar-refractivity contribution is 0.401. The molecule has 1 N–H and O–H groups in total. The number of aromatic amines is 1. The number of methoxy groups -OCH3 is 1. The highest BCUT2D eigenvalue weighted by molar-refractivity contribution is 7.13. The van der Waals surface area contributed by atoms with E-state index in [1.807, 2.05) is 24.4 Å². The van der Waals surface area contributed by atoms with Crippen molar-refractivity contribution >= 4 is 22.4 Å². The van der Waals surface area contributed by atoms with Crippen LogP contribution in [0.3, 0.4) is 0 Å². The Labute approximate surface area is 102 Å². The molecule has 0 bridgehead atoms. The Morgan fingerprint density at radius 1 is 1.29 bits per heavy atom. The van der Waals surface area contributed by atoms with Gasteiger partial charge in [-0.25, -0.2) is 9.97 Å². The molecule has 0 fully saturated rings. The number of hydrogen-bond acceptors (Lipinski definition) is 4. The van der Waals surface area contributed by atoms with E-state index >= 15 is 0 Å². The average molecular weight is 245 g/mol. The van der Waals surface area contributed by atoms with Gasteiger partial charge in [0.05, 0.1) is 23.5 Å². The van der Waals surface area contributed by atoms with Gasteiger partial charge in [0, 0.05) is 5.56 Å². The first-order valence-corrected chi connectivity index (χ1v) is 6.10. The number of H-pyrrole nitrogens is 1. The molecule has 4 nitrogen and oxygen atoms in total. The molecule has 0 aliphatic rings. The van der Waals surface area contributed by atoms with Gasteiger partial charge in [0.1, 0.15) is 10.8 Å². The highest BCUT2D eigenvalue weighted by atomic mass is 32.1. The van der Waals surface area contributed by atoms with Crippen molar-refractivity contribution in [1.29, 1.82) is 0 Å². The zero-order valence-electron chi connectivity index (χ0n) is 9.52. The normalized spacial score (nSPS) is 10.9. The first kappa shape index (κ1) is 10.3. The minimum atomic E-state index is 0.658. The minimum Gasteiger partial charge on any atom is -0.480 e. The molecule has 0 aliphatic carbocycles. The van der Waals surface area contributed by atoms with Crippen molar-refractivity contribution in [3.63, 3.8) is 0 Å². The van der Waals surface area contributed by atoms with Gasteiger partial charge in [-0.3, -0.25) is 0 Å². The Hall–Kier alpha value is -1.88. The van der Waals surface area contributed by atoms with Crippen LogP contribution in [0.5, 0.6) is 5.88 Å². The minimum absolute atomic E-state index is 0.658. The summed E-state index contributed by atoms with van der Waals surface area (Å²) in [6.45, 7) is 1.95. The van der Waals surface area contributed by atoms with E-state index in [0.29, 0.717) is 5.88 Å². The van der Waals surface area contributed by atoms with Crippen molar-refractivity contribution in [2.75, 3.05) is 7.11 Å². The van der Waals surface area contributed by atoms with E-state index in [1.54, 1.807) is 18.4 Å². The molecule has 0 saturated carbocycles. The zero-order chi connectivity index (χ0) is 11.8. The zero-order valence-corrected chi connectivity index (χ0v) is 10.3. The predicted octanol–water partition coefficient (Wildman–Crippen LogP) is 3.00. The molecule has 0 spiro atoms. The molecular weight excluding hydrogens is 234 g/mol. The summed E-state index contributed by atoms with van der Waals surface area (Å²) in [4.78, 5) is 12.0. The maximum atomic E-state index is 5.09. The number of fused-ring (bicyclic) bond motifs is 1. The van der Waals surface area contributed by atoms with Crippen LogP contribution in [0.1, 0.15) is 5.82 Å². The Balaban J connectivity index is 2.10. The van der Waals surface area contributed by atoms with Gasteiger partial charge in [-0.15, -0.1) is 11.3 Å². The molecule has 0 amide bonds. The molecule has 17 heavy (non-hydrogen) atoms. The Morgan fingerprint density at radius 3 is 2.94 bits per heavy atom. The predicted molar refractivity (Wildman–Crippen MR) is 68.5 cm³/mol. The van der Waals surface area contributed by atoms with Crippen LogP contribution in [0.2, 0.25) is 0 Å². The molecule has 2 aromatic heterocycles. The van der Waals surface area contributed by atoms with E-state index in [2.05, 4.69) is 21.0 Å². The number of aromatic nitrogens is 3. The van der Waals surface area contributed by atoms with E-state index in [0.717, 1.165) is 27.4 Å². The van der Waals surface area contributed by atoms with E-state index in [1.165, 1.54) is 0 Å². The van der Waals surface area contributed by atoms with Crippen LogP contribution in [0.4, 0.5) is 0 Å². The number of hydrogen-bond donors (Lipinski definition) is 1. The molecule has 86 valence electrons. The van der Waals surface area contributed by atoms with Gasteiger partial charge in [0.15, 0.2) is 0 Å². The standard InChI is InChI=1S/C12H11N3OS/c1-7-13-9-4-3-8(5-10(9)14-7)12-15-11(16-2)6-17-12/h3-6H,1-2H3,(H,13,14). The molecule has 0 saturated heterocycles. The van der Waals surface area contributed by atoms with E-state index < -0.39 is 0 Å². The van der Waals surface area contributed by atoms with Gasteiger partial charge >= 0.3 is 0 Å². The summed E-state index contributed by atoms with van der Waals surface area (Å²) in [7, 11) is 1.63. The summed E-state index contributed by atoms with van der Waals surface area (Å²) >= 11 is 1.57. The number of nitrogens with one attached hydrogen (secondary N) is 1. The lowest BCUT2D eigenvalue weighted by atomic mass is 10.2. The fourth-order valence-electron chi connectivity index (χ4n) is 1.76. The first-order chi connectivity index (χ1) is 8.26. The van der Waals surface area contributed by atoms with E-state index in [9.17, 15) is 0 Å². The highest BCUT2D eigenvalue weighted by Crippen LogP contribution is 2.28. The van der Waals surface area contributed by atoms with E-state index in [-0.39, 0.29) is 0 Å². The van der Waals surface area contributed by atoms with Gasteiger partial charge in [-0.1, -0.05) is 0 Å². The molecule has 2 heterocycles. The van der Waals surface area contributed by atoms with Crippen molar-refractivity contribution in [2.45, 2.75) is 6.92 Å². The van der Waals surface area contributed by atoms with Gasteiger partial charge in [-0.2, -0.15) is 0 Å². The van der Waals surface area contributed by atoms with Gasteiger partial charge in [0.25, 0.3) is 0 Å². The van der Waals surface area contributed by atoms with E-state index in [4.69, 9.17) is 4.74 Å². The second-order valence-electron chi connectivity index (χ2n) is 3.75. The largest absolute Gasteiger partial charge is 0.480 e. The monoisotopic (exact) mass is 245 g/mol. The van der Waals surface area contributed by atoms with Crippen molar-refractivity contribution in [3.8, 4) is 16.5 Å². The first-order valence-electron chi connectivity index (χ1n) is 5.22. The molecule has 1 aromatic carbocycles. The lowest BCUT2D eigenvalue weighted by Crippen LogP contribution is -1.82. The van der Waals surface area contributed by atoms with Crippen LogP contribution in [0, 0.1) is 6.92 Å². The van der Waals surface area contributed by atoms with Crippen LogP contribution in [0.15, 0.2) is 23.6 Å². The van der Waals surface area contributed by atoms with Gasteiger partial charge in [0.2, 0.25) is 5.88 Å². The second-order valence-corrected chi connectivity index (χ2v) is 4.61. The van der Waals surface area contributed by atoms with Gasteiger partial charge < -0.3 is 9.72 Å². The van der Waals surface area contributed by atoms with Crippen LogP contribution < -0.4 is 4.74 Å². The van der Waals surface area contributed by atoms with Crippen LogP contribution >= 0.6 is 11.3 Å².